The Morgan fingerprint density at radius 2 is 1.36 bits per heavy atom. The van der Waals surface area contributed by atoms with Crippen molar-refractivity contribution in [1.82, 2.24) is 0 Å². The Balaban J connectivity index is 1.57. The first-order chi connectivity index (χ1) is 13.4. The number of esters is 1. The van der Waals surface area contributed by atoms with Crippen LogP contribution in [-0.4, -0.2) is 18.4 Å². The summed E-state index contributed by atoms with van der Waals surface area (Å²) in [4.78, 5) is 24.5. The lowest BCUT2D eigenvalue weighted by Gasteiger charge is -2.10. The quantitative estimate of drug-likeness (QED) is 0.439. The molecule has 0 radical (unpaired) electrons. The van der Waals surface area contributed by atoms with Gasteiger partial charge in [0.2, 0.25) is 5.78 Å². The van der Waals surface area contributed by atoms with Crippen LogP contribution in [0, 0.1) is 20.8 Å². The number of ether oxygens (including phenoxy) is 1. The first kappa shape index (κ1) is 19.6. The van der Waals surface area contributed by atoms with Crippen LogP contribution >= 0.6 is 0 Å². The van der Waals surface area contributed by atoms with Crippen molar-refractivity contribution in [2.24, 2.45) is 0 Å². The van der Waals surface area contributed by atoms with Gasteiger partial charge in [-0.25, -0.2) is 0 Å². The molecule has 3 aromatic carbocycles. The van der Waals surface area contributed by atoms with Crippen molar-refractivity contribution < 1.29 is 14.3 Å². The number of carbonyl (C=O) groups excluding carboxylic acids is 2. The van der Waals surface area contributed by atoms with Crippen molar-refractivity contribution in [3.8, 4) is 11.1 Å². The van der Waals surface area contributed by atoms with Gasteiger partial charge in [0.15, 0.2) is 6.61 Å². The number of aryl methyl sites for hydroxylation is 3. The predicted molar refractivity (Wildman–Crippen MR) is 112 cm³/mol. The molecule has 3 nitrogen and oxygen atoms in total. The van der Waals surface area contributed by atoms with Crippen LogP contribution in [0.25, 0.3) is 11.1 Å². The predicted octanol–water partition coefficient (Wildman–Crippen LogP) is 5.25. The van der Waals surface area contributed by atoms with Gasteiger partial charge in [-0.05, 0) is 60.2 Å². The Hall–Kier alpha value is -3.20. The maximum absolute atomic E-state index is 12.4. The molecule has 0 spiro atoms. The lowest BCUT2D eigenvalue weighted by molar-refractivity contribution is -0.141. The van der Waals surface area contributed by atoms with E-state index in [1.54, 1.807) is 0 Å². The van der Waals surface area contributed by atoms with Crippen LogP contribution in [0.2, 0.25) is 0 Å². The van der Waals surface area contributed by atoms with Gasteiger partial charge in [-0.1, -0.05) is 60.7 Å². The molecule has 0 saturated carbocycles. The topological polar surface area (TPSA) is 43.4 Å². The van der Waals surface area contributed by atoms with Gasteiger partial charge >= 0.3 is 5.97 Å². The van der Waals surface area contributed by atoms with Crippen LogP contribution in [-0.2, 0) is 16.0 Å². The second-order valence-corrected chi connectivity index (χ2v) is 7.07. The van der Waals surface area contributed by atoms with E-state index < -0.39 is 5.97 Å². The highest BCUT2D eigenvalue weighted by Crippen LogP contribution is 2.20. The minimum atomic E-state index is -0.401. The van der Waals surface area contributed by atoms with E-state index in [-0.39, 0.29) is 18.8 Å². The molecule has 0 atom stereocenters. The number of rotatable bonds is 6. The molecule has 0 saturated heterocycles. The first-order valence-corrected chi connectivity index (χ1v) is 9.35. The third-order valence-electron chi connectivity index (χ3n) is 4.91. The fourth-order valence-corrected chi connectivity index (χ4v) is 3.15. The van der Waals surface area contributed by atoms with Crippen molar-refractivity contribution >= 4 is 11.8 Å². The summed E-state index contributed by atoms with van der Waals surface area (Å²) in [5.41, 5.74) is 6.80. The molecule has 3 aromatic rings. The van der Waals surface area contributed by atoms with E-state index in [1.807, 2.05) is 87.5 Å². The number of hydrogen-bond donors (Lipinski definition) is 0. The van der Waals surface area contributed by atoms with Crippen molar-refractivity contribution in [3.05, 3.63) is 94.5 Å². The molecule has 3 heteroatoms. The van der Waals surface area contributed by atoms with E-state index in [4.69, 9.17) is 4.74 Å². The number of carbonyl (C=O) groups is 2. The Morgan fingerprint density at radius 1 is 0.750 bits per heavy atom. The lowest BCUT2D eigenvalue weighted by Crippen LogP contribution is -2.16. The highest BCUT2D eigenvalue weighted by molar-refractivity contribution is 5.99. The number of Topliss-reactive ketones (excluding diaryl/α,β-unsaturated/α-hetero) is 1. The van der Waals surface area contributed by atoms with Gasteiger partial charge in [0, 0.05) is 5.56 Å². The summed E-state index contributed by atoms with van der Waals surface area (Å²) in [6.45, 7) is 5.65. The Labute approximate surface area is 166 Å². The number of ketones is 1. The third kappa shape index (κ3) is 4.74. The van der Waals surface area contributed by atoms with Crippen molar-refractivity contribution in [1.29, 1.82) is 0 Å². The van der Waals surface area contributed by atoms with Crippen LogP contribution in [0.4, 0.5) is 0 Å². The van der Waals surface area contributed by atoms with E-state index in [1.165, 1.54) is 0 Å². The smallest absolute Gasteiger partial charge is 0.310 e. The largest absolute Gasteiger partial charge is 0.457 e. The highest BCUT2D eigenvalue weighted by atomic mass is 16.5. The molecule has 0 amide bonds. The van der Waals surface area contributed by atoms with Crippen LogP contribution < -0.4 is 0 Å². The standard InChI is InChI=1S/C25H24O3/c1-17-13-19(3)23(14-18(17)2)24(26)16-28-25(27)15-20-9-11-22(12-10-20)21-7-5-4-6-8-21/h4-14H,15-16H2,1-3H3. The van der Waals surface area contributed by atoms with Crippen molar-refractivity contribution in [2.75, 3.05) is 6.61 Å². The van der Waals surface area contributed by atoms with Crippen molar-refractivity contribution in [3.63, 3.8) is 0 Å². The van der Waals surface area contributed by atoms with Crippen LogP contribution in [0.1, 0.15) is 32.6 Å². The minimum absolute atomic E-state index is 0.147. The van der Waals surface area contributed by atoms with Crippen LogP contribution in [0.15, 0.2) is 66.7 Å². The molecule has 0 heterocycles. The monoisotopic (exact) mass is 372 g/mol. The molecule has 0 N–H and O–H groups in total. The molecular weight excluding hydrogens is 348 g/mol. The molecule has 3 rings (SSSR count). The summed E-state index contributed by atoms with van der Waals surface area (Å²) >= 11 is 0. The second kappa shape index (κ2) is 8.66. The molecule has 0 aliphatic carbocycles. The zero-order chi connectivity index (χ0) is 20.1. The van der Waals surface area contributed by atoms with E-state index in [9.17, 15) is 9.59 Å². The van der Waals surface area contributed by atoms with Gasteiger partial charge in [0.1, 0.15) is 0 Å². The van der Waals surface area contributed by atoms with E-state index in [0.29, 0.717) is 5.56 Å². The molecule has 0 unspecified atom stereocenters. The Morgan fingerprint density at radius 3 is 2.04 bits per heavy atom. The van der Waals surface area contributed by atoms with Gasteiger partial charge in [-0.3, -0.25) is 9.59 Å². The molecule has 0 aliphatic heterocycles. The molecule has 0 aliphatic rings. The number of hydrogen-bond acceptors (Lipinski definition) is 3. The zero-order valence-corrected chi connectivity index (χ0v) is 16.5. The first-order valence-electron chi connectivity index (χ1n) is 9.35. The fraction of sp³-hybridized carbons (Fsp3) is 0.200. The summed E-state index contributed by atoms with van der Waals surface area (Å²) in [6.07, 6.45) is 0.147. The molecule has 142 valence electrons. The molecular formula is C25H24O3. The Bertz CT molecular complexity index is 986. The average Bonchev–Trinajstić information content (AvgIpc) is 2.70. The van der Waals surface area contributed by atoms with Crippen LogP contribution in [0.3, 0.4) is 0 Å². The average molecular weight is 372 g/mol. The maximum Gasteiger partial charge on any atom is 0.310 e. The molecule has 28 heavy (non-hydrogen) atoms. The van der Waals surface area contributed by atoms with Gasteiger partial charge in [-0.15, -0.1) is 0 Å². The van der Waals surface area contributed by atoms with Gasteiger partial charge in [0.05, 0.1) is 6.42 Å². The summed E-state index contributed by atoms with van der Waals surface area (Å²) in [5, 5.41) is 0. The molecule has 0 fully saturated rings. The normalized spacial score (nSPS) is 10.5. The van der Waals surface area contributed by atoms with E-state index in [2.05, 4.69) is 0 Å². The summed E-state index contributed by atoms with van der Waals surface area (Å²) in [6, 6.07) is 21.7. The Kier molecular flexibility index (Phi) is 6.05. The third-order valence-corrected chi connectivity index (χ3v) is 4.91. The fourth-order valence-electron chi connectivity index (χ4n) is 3.15. The maximum atomic E-state index is 12.4. The van der Waals surface area contributed by atoms with Gasteiger partial charge in [-0.2, -0.15) is 0 Å². The number of benzene rings is 3. The van der Waals surface area contributed by atoms with Crippen LogP contribution in [0.5, 0.6) is 0 Å². The van der Waals surface area contributed by atoms with Crippen molar-refractivity contribution in [2.45, 2.75) is 27.2 Å². The second-order valence-electron chi connectivity index (χ2n) is 7.07. The highest BCUT2D eigenvalue weighted by Gasteiger charge is 2.14. The minimum Gasteiger partial charge on any atom is -0.457 e. The lowest BCUT2D eigenvalue weighted by atomic mass is 9.98. The summed E-state index contributed by atoms with van der Waals surface area (Å²) in [5.74, 6) is -0.573. The van der Waals surface area contributed by atoms with E-state index >= 15 is 0 Å². The summed E-state index contributed by atoms with van der Waals surface area (Å²) in [7, 11) is 0. The zero-order valence-electron chi connectivity index (χ0n) is 16.5. The van der Waals surface area contributed by atoms with Gasteiger partial charge in [0.25, 0.3) is 0 Å². The SMILES string of the molecule is Cc1cc(C)c(C(=O)COC(=O)Cc2ccc(-c3ccccc3)cc2)cc1C. The molecule has 0 bridgehead atoms. The summed E-state index contributed by atoms with van der Waals surface area (Å²) < 4.78 is 5.21. The molecule has 0 aromatic heterocycles. The van der Waals surface area contributed by atoms with Gasteiger partial charge < -0.3 is 4.74 Å². The van der Waals surface area contributed by atoms with E-state index in [0.717, 1.165) is 33.4 Å².